The number of nitrogens with zero attached hydrogens (tertiary/aromatic N) is 1. The molecular formula is C11H16N2O3. The van der Waals surface area contributed by atoms with E-state index in [9.17, 15) is 10.1 Å². The standard InChI is InChI=1S/C11H16N2O3/c1-3-9(12)6-8-7-10(16-2)4-5-11(8)13(14)15/h4-5,7,9H,3,6,12H2,1-2H3. The third-order valence-electron chi connectivity index (χ3n) is 2.49. The third kappa shape index (κ3) is 2.93. The molecule has 5 heteroatoms. The van der Waals surface area contributed by atoms with Crippen molar-refractivity contribution in [2.45, 2.75) is 25.8 Å². The molecule has 1 rings (SSSR count). The highest BCUT2D eigenvalue weighted by Gasteiger charge is 2.16. The van der Waals surface area contributed by atoms with Crippen molar-refractivity contribution >= 4 is 5.69 Å². The van der Waals surface area contributed by atoms with Gasteiger partial charge < -0.3 is 10.5 Å². The van der Waals surface area contributed by atoms with Gasteiger partial charge in [0.15, 0.2) is 0 Å². The Hall–Kier alpha value is -1.62. The Balaban J connectivity index is 3.05. The Morgan fingerprint density at radius 2 is 2.25 bits per heavy atom. The highest BCUT2D eigenvalue weighted by molar-refractivity contribution is 5.45. The van der Waals surface area contributed by atoms with Crippen LogP contribution in [0.5, 0.6) is 5.75 Å². The van der Waals surface area contributed by atoms with Crippen LogP contribution in [-0.4, -0.2) is 18.1 Å². The summed E-state index contributed by atoms with van der Waals surface area (Å²) in [5.74, 6) is 0.615. The van der Waals surface area contributed by atoms with Crippen molar-refractivity contribution in [2.75, 3.05) is 7.11 Å². The van der Waals surface area contributed by atoms with Crippen LogP contribution in [0.2, 0.25) is 0 Å². The quantitative estimate of drug-likeness (QED) is 0.611. The SMILES string of the molecule is CCC(N)Cc1cc(OC)ccc1[N+](=O)[O-]. The smallest absolute Gasteiger partial charge is 0.272 e. The number of hydrogen-bond donors (Lipinski definition) is 1. The fourth-order valence-electron chi connectivity index (χ4n) is 1.46. The van der Waals surface area contributed by atoms with Gasteiger partial charge in [0.25, 0.3) is 5.69 Å². The van der Waals surface area contributed by atoms with Gasteiger partial charge in [0.2, 0.25) is 0 Å². The lowest BCUT2D eigenvalue weighted by Gasteiger charge is -2.10. The summed E-state index contributed by atoms with van der Waals surface area (Å²) in [7, 11) is 1.53. The summed E-state index contributed by atoms with van der Waals surface area (Å²) in [5, 5.41) is 10.8. The van der Waals surface area contributed by atoms with Crippen molar-refractivity contribution in [3.63, 3.8) is 0 Å². The minimum absolute atomic E-state index is 0.0641. The molecule has 1 unspecified atom stereocenters. The molecule has 0 bridgehead atoms. The van der Waals surface area contributed by atoms with Gasteiger partial charge >= 0.3 is 0 Å². The maximum atomic E-state index is 10.8. The molecule has 1 atom stereocenters. The monoisotopic (exact) mass is 224 g/mol. The molecule has 5 nitrogen and oxygen atoms in total. The Bertz CT molecular complexity index is 379. The van der Waals surface area contributed by atoms with Gasteiger partial charge in [0, 0.05) is 17.7 Å². The molecule has 0 aliphatic carbocycles. The van der Waals surface area contributed by atoms with Crippen LogP contribution in [0.25, 0.3) is 0 Å². The first kappa shape index (κ1) is 12.4. The number of nitro benzene ring substituents is 1. The number of benzene rings is 1. The molecule has 0 aliphatic rings. The van der Waals surface area contributed by atoms with E-state index in [0.717, 1.165) is 6.42 Å². The Kier molecular flexibility index (Phi) is 4.25. The topological polar surface area (TPSA) is 78.4 Å². The molecule has 0 spiro atoms. The second-order valence-corrected chi connectivity index (χ2v) is 3.62. The lowest BCUT2D eigenvalue weighted by atomic mass is 10.0. The van der Waals surface area contributed by atoms with Crippen molar-refractivity contribution < 1.29 is 9.66 Å². The van der Waals surface area contributed by atoms with Crippen LogP contribution >= 0.6 is 0 Å². The molecule has 0 saturated carbocycles. The first-order valence-electron chi connectivity index (χ1n) is 5.15. The van der Waals surface area contributed by atoms with Crippen LogP contribution in [-0.2, 0) is 6.42 Å². The highest BCUT2D eigenvalue weighted by Crippen LogP contribution is 2.25. The first-order valence-corrected chi connectivity index (χ1v) is 5.15. The zero-order valence-corrected chi connectivity index (χ0v) is 9.47. The van der Waals surface area contributed by atoms with E-state index < -0.39 is 4.92 Å². The van der Waals surface area contributed by atoms with Crippen molar-refractivity contribution in [2.24, 2.45) is 5.73 Å². The molecule has 2 N–H and O–H groups in total. The van der Waals surface area contributed by atoms with Crippen LogP contribution in [0.4, 0.5) is 5.69 Å². The molecular weight excluding hydrogens is 208 g/mol. The van der Waals surface area contributed by atoms with Crippen LogP contribution in [0.15, 0.2) is 18.2 Å². The van der Waals surface area contributed by atoms with Crippen LogP contribution in [0.3, 0.4) is 0 Å². The number of hydrogen-bond acceptors (Lipinski definition) is 4. The zero-order chi connectivity index (χ0) is 12.1. The van der Waals surface area contributed by atoms with E-state index in [1.807, 2.05) is 6.92 Å². The van der Waals surface area contributed by atoms with Crippen LogP contribution in [0, 0.1) is 10.1 Å². The predicted octanol–water partition coefficient (Wildman–Crippen LogP) is 1.88. The molecule has 0 saturated heterocycles. The van der Waals surface area contributed by atoms with E-state index in [4.69, 9.17) is 10.5 Å². The largest absolute Gasteiger partial charge is 0.497 e. The maximum absolute atomic E-state index is 10.8. The van der Waals surface area contributed by atoms with E-state index >= 15 is 0 Å². The second-order valence-electron chi connectivity index (χ2n) is 3.62. The van der Waals surface area contributed by atoms with Gasteiger partial charge in [-0.25, -0.2) is 0 Å². The van der Waals surface area contributed by atoms with Gasteiger partial charge in [-0.15, -0.1) is 0 Å². The van der Waals surface area contributed by atoms with Gasteiger partial charge in [-0.05, 0) is 25.0 Å². The minimum atomic E-state index is -0.392. The summed E-state index contributed by atoms with van der Waals surface area (Å²) in [6.45, 7) is 1.96. The van der Waals surface area contributed by atoms with Crippen LogP contribution in [0.1, 0.15) is 18.9 Å². The summed E-state index contributed by atoms with van der Waals surface area (Å²) in [6.07, 6.45) is 1.28. The van der Waals surface area contributed by atoms with Crippen LogP contribution < -0.4 is 10.5 Å². The predicted molar refractivity (Wildman–Crippen MR) is 61.6 cm³/mol. The number of methoxy groups -OCH3 is 1. The van der Waals surface area contributed by atoms with E-state index in [0.29, 0.717) is 17.7 Å². The van der Waals surface area contributed by atoms with E-state index in [1.165, 1.54) is 13.2 Å². The van der Waals surface area contributed by atoms with Gasteiger partial charge in [0.05, 0.1) is 12.0 Å². The second kappa shape index (κ2) is 5.46. The van der Waals surface area contributed by atoms with E-state index in [-0.39, 0.29) is 11.7 Å². The molecule has 0 heterocycles. The fraction of sp³-hybridized carbons (Fsp3) is 0.455. The molecule has 0 radical (unpaired) electrons. The summed E-state index contributed by atoms with van der Waals surface area (Å²) in [4.78, 5) is 10.4. The Morgan fingerprint density at radius 1 is 1.56 bits per heavy atom. The zero-order valence-electron chi connectivity index (χ0n) is 9.47. The van der Waals surface area contributed by atoms with Crippen molar-refractivity contribution in [3.8, 4) is 5.75 Å². The van der Waals surface area contributed by atoms with Crippen molar-refractivity contribution in [1.29, 1.82) is 0 Å². The van der Waals surface area contributed by atoms with Crippen molar-refractivity contribution in [3.05, 3.63) is 33.9 Å². The molecule has 16 heavy (non-hydrogen) atoms. The molecule has 1 aromatic rings. The lowest BCUT2D eigenvalue weighted by molar-refractivity contribution is -0.385. The van der Waals surface area contributed by atoms with Gasteiger partial charge in [0.1, 0.15) is 5.75 Å². The Morgan fingerprint density at radius 3 is 2.75 bits per heavy atom. The summed E-state index contributed by atoms with van der Waals surface area (Å²) < 4.78 is 5.04. The minimum Gasteiger partial charge on any atom is -0.497 e. The molecule has 88 valence electrons. The van der Waals surface area contributed by atoms with Gasteiger partial charge in [-0.3, -0.25) is 10.1 Å². The summed E-state index contributed by atoms with van der Waals surface area (Å²) in [6, 6.07) is 4.65. The average molecular weight is 224 g/mol. The normalized spacial score (nSPS) is 12.2. The maximum Gasteiger partial charge on any atom is 0.272 e. The molecule has 0 fully saturated rings. The number of nitrogens with two attached hydrogens (primary N) is 1. The first-order chi connectivity index (χ1) is 7.58. The fourth-order valence-corrected chi connectivity index (χ4v) is 1.46. The average Bonchev–Trinajstić information content (AvgIpc) is 2.28. The Labute approximate surface area is 94.4 Å². The number of rotatable bonds is 5. The van der Waals surface area contributed by atoms with Crippen molar-refractivity contribution in [1.82, 2.24) is 0 Å². The summed E-state index contributed by atoms with van der Waals surface area (Å²) in [5.41, 5.74) is 6.53. The van der Waals surface area contributed by atoms with Gasteiger partial charge in [-0.1, -0.05) is 6.92 Å². The molecule has 0 aliphatic heterocycles. The molecule has 0 aromatic heterocycles. The highest BCUT2D eigenvalue weighted by atomic mass is 16.6. The third-order valence-corrected chi connectivity index (χ3v) is 2.49. The lowest BCUT2D eigenvalue weighted by Crippen LogP contribution is -2.21. The number of ether oxygens (including phenoxy) is 1. The van der Waals surface area contributed by atoms with Gasteiger partial charge in [-0.2, -0.15) is 0 Å². The summed E-state index contributed by atoms with van der Waals surface area (Å²) >= 11 is 0. The molecule has 0 amide bonds. The van der Waals surface area contributed by atoms with E-state index in [1.54, 1.807) is 12.1 Å². The van der Waals surface area contributed by atoms with E-state index in [2.05, 4.69) is 0 Å². The molecule has 1 aromatic carbocycles. The number of nitro groups is 1.